The van der Waals surface area contributed by atoms with E-state index >= 15 is 0 Å². The van der Waals surface area contributed by atoms with Crippen LogP contribution in [0.4, 0.5) is 5.82 Å². The van der Waals surface area contributed by atoms with Crippen LogP contribution in [0, 0.1) is 5.92 Å². The molecule has 0 spiro atoms. The molecule has 124 valence electrons. The minimum atomic E-state index is 0.340. The molecule has 1 aromatic carbocycles. The number of anilines is 1. The summed E-state index contributed by atoms with van der Waals surface area (Å²) in [6.45, 7) is 3.92. The minimum Gasteiger partial charge on any atom is -0.381 e. The first-order valence-electron chi connectivity index (χ1n) is 8.42. The second-order valence-electron chi connectivity index (χ2n) is 6.25. The number of benzene rings is 1. The molecule has 1 N–H and O–H groups in total. The van der Waals surface area contributed by atoms with Gasteiger partial charge in [0.1, 0.15) is 12.1 Å². The Bertz CT molecular complexity index is 811. The van der Waals surface area contributed by atoms with Gasteiger partial charge >= 0.3 is 0 Å². The fourth-order valence-corrected chi connectivity index (χ4v) is 3.24. The molecule has 6 heteroatoms. The smallest absolute Gasteiger partial charge is 0.254 e. The first-order valence-corrected chi connectivity index (χ1v) is 8.42. The van der Waals surface area contributed by atoms with Crippen molar-refractivity contribution in [3.8, 4) is 11.3 Å². The SMILES string of the molecule is CC(Nc1cc(-c2ccccc2)nc2ncnn12)C1CCOCC1. The van der Waals surface area contributed by atoms with E-state index in [4.69, 9.17) is 4.74 Å². The topological polar surface area (TPSA) is 64.3 Å². The summed E-state index contributed by atoms with van der Waals surface area (Å²) in [5, 5.41) is 7.92. The number of hydrogen-bond donors (Lipinski definition) is 1. The van der Waals surface area contributed by atoms with Crippen LogP contribution in [0.5, 0.6) is 0 Å². The minimum absolute atomic E-state index is 0.340. The molecule has 4 rings (SSSR count). The van der Waals surface area contributed by atoms with Gasteiger partial charge in [-0.1, -0.05) is 30.3 Å². The highest BCUT2D eigenvalue weighted by Gasteiger charge is 2.21. The van der Waals surface area contributed by atoms with Crippen LogP contribution in [0.3, 0.4) is 0 Å². The lowest BCUT2D eigenvalue weighted by Gasteiger charge is -2.29. The van der Waals surface area contributed by atoms with Crippen LogP contribution >= 0.6 is 0 Å². The fourth-order valence-electron chi connectivity index (χ4n) is 3.24. The molecular formula is C18H21N5O. The highest BCUT2D eigenvalue weighted by atomic mass is 16.5. The molecule has 1 atom stereocenters. The predicted octanol–water partition coefficient (Wildman–Crippen LogP) is 3.02. The van der Waals surface area contributed by atoms with Gasteiger partial charge in [0.05, 0.1) is 5.69 Å². The van der Waals surface area contributed by atoms with Gasteiger partial charge in [0, 0.05) is 30.9 Å². The van der Waals surface area contributed by atoms with Gasteiger partial charge in [-0.05, 0) is 25.7 Å². The first kappa shape index (κ1) is 15.1. The summed E-state index contributed by atoms with van der Waals surface area (Å²) >= 11 is 0. The summed E-state index contributed by atoms with van der Waals surface area (Å²) in [6, 6.07) is 12.5. The molecular weight excluding hydrogens is 302 g/mol. The summed E-state index contributed by atoms with van der Waals surface area (Å²) < 4.78 is 7.24. The van der Waals surface area contributed by atoms with Crippen LogP contribution in [0.2, 0.25) is 0 Å². The number of fused-ring (bicyclic) bond motifs is 1. The maximum atomic E-state index is 5.47. The number of nitrogens with one attached hydrogen (secondary N) is 1. The third kappa shape index (κ3) is 2.97. The Balaban J connectivity index is 1.67. The van der Waals surface area contributed by atoms with E-state index in [2.05, 4.69) is 39.4 Å². The van der Waals surface area contributed by atoms with Gasteiger partial charge in [-0.25, -0.2) is 4.98 Å². The van der Waals surface area contributed by atoms with Crippen molar-refractivity contribution in [2.75, 3.05) is 18.5 Å². The molecule has 0 bridgehead atoms. The van der Waals surface area contributed by atoms with Crippen molar-refractivity contribution in [2.45, 2.75) is 25.8 Å². The molecule has 0 aliphatic carbocycles. The van der Waals surface area contributed by atoms with Gasteiger partial charge in [-0.15, -0.1) is 0 Å². The first-order chi connectivity index (χ1) is 11.8. The standard InChI is InChI=1S/C18H21N5O/c1-13(14-7-9-24-10-8-14)21-17-11-16(15-5-3-2-4-6-15)22-18-19-12-20-23(17)18/h2-6,11-14,21H,7-10H2,1H3. The normalized spacial score (nSPS) is 17.0. The van der Waals surface area contributed by atoms with Crippen LogP contribution in [0.15, 0.2) is 42.7 Å². The van der Waals surface area contributed by atoms with Crippen LogP contribution in [0.1, 0.15) is 19.8 Å². The molecule has 1 aliphatic rings. The second kappa shape index (κ2) is 6.57. The number of nitrogens with zero attached hydrogens (tertiary/aromatic N) is 4. The summed E-state index contributed by atoms with van der Waals surface area (Å²) in [4.78, 5) is 8.88. The van der Waals surface area contributed by atoms with Crippen molar-refractivity contribution in [3.05, 3.63) is 42.7 Å². The Hall–Kier alpha value is -2.47. The van der Waals surface area contributed by atoms with Crippen molar-refractivity contribution in [1.82, 2.24) is 19.6 Å². The molecule has 0 amide bonds. The molecule has 6 nitrogen and oxygen atoms in total. The Morgan fingerprint density at radius 2 is 2.00 bits per heavy atom. The molecule has 24 heavy (non-hydrogen) atoms. The van der Waals surface area contributed by atoms with E-state index in [1.165, 1.54) is 0 Å². The molecule has 0 radical (unpaired) electrons. The molecule has 2 aromatic heterocycles. The molecule has 3 aromatic rings. The molecule has 1 aliphatic heterocycles. The van der Waals surface area contributed by atoms with Gasteiger partial charge in [0.2, 0.25) is 0 Å². The average molecular weight is 323 g/mol. The van der Waals surface area contributed by atoms with Gasteiger partial charge < -0.3 is 10.1 Å². The molecule has 1 fully saturated rings. The van der Waals surface area contributed by atoms with E-state index in [-0.39, 0.29) is 0 Å². The zero-order chi connectivity index (χ0) is 16.4. The van der Waals surface area contributed by atoms with Gasteiger partial charge in [-0.3, -0.25) is 0 Å². The Labute approximate surface area is 140 Å². The Kier molecular flexibility index (Phi) is 4.13. The summed E-state index contributed by atoms with van der Waals surface area (Å²) in [5.74, 6) is 2.14. The fraction of sp³-hybridized carbons (Fsp3) is 0.389. The predicted molar refractivity (Wildman–Crippen MR) is 92.8 cm³/mol. The third-order valence-corrected chi connectivity index (χ3v) is 4.67. The van der Waals surface area contributed by atoms with E-state index in [0.717, 1.165) is 43.1 Å². The highest BCUT2D eigenvalue weighted by Crippen LogP contribution is 2.25. The summed E-state index contributed by atoms with van der Waals surface area (Å²) in [7, 11) is 0. The lowest BCUT2D eigenvalue weighted by molar-refractivity contribution is 0.0622. The van der Waals surface area contributed by atoms with Gasteiger partial charge in [-0.2, -0.15) is 14.6 Å². The average Bonchev–Trinajstić information content (AvgIpc) is 3.12. The number of ether oxygens (including phenoxy) is 1. The van der Waals surface area contributed by atoms with Crippen LogP contribution in [0.25, 0.3) is 17.0 Å². The highest BCUT2D eigenvalue weighted by molar-refractivity contribution is 5.65. The van der Waals surface area contributed by atoms with E-state index in [9.17, 15) is 0 Å². The maximum Gasteiger partial charge on any atom is 0.254 e. The van der Waals surface area contributed by atoms with Crippen LogP contribution in [-0.4, -0.2) is 38.8 Å². The molecule has 3 heterocycles. The van der Waals surface area contributed by atoms with Gasteiger partial charge in [0.15, 0.2) is 0 Å². The molecule has 0 saturated carbocycles. The van der Waals surface area contributed by atoms with E-state index < -0.39 is 0 Å². The summed E-state index contributed by atoms with van der Waals surface area (Å²) in [6.07, 6.45) is 3.72. The van der Waals surface area contributed by atoms with Crippen molar-refractivity contribution in [3.63, 3.8) is 0 Å². The lowest BCUT2D eigenvalue weighted by Crippen LogP contribution is -2.31. The summed E-state index contributed by atoms with van der Waals surface area (Å²) in [5.41, 5.74) is 1.97. The second-order valence-corrected chi connectivity index (χ2v) is 6.25. The van der Waals surface area contributed by atoms with E-state index in [1.54, 1.807) is 10.8 Å². The monoisotopic (exact) mass is 323 g/mol. The van der Waals surface area contributed by atoms with E-state index in [1.807, 2.05) is 24.3 Å². The maximum absolute atomic E-state index is 5.47. The molecule has 1 saturated heterocycles. The van der Waals surface area contributed by atoms with Crippen molar-refractivity contribution in [1.29, 1.82) is 0 Å². The van der Waals surface area contributed by atoms with Crippen molar-refractivity contribution >= 4 is 11.6 Å². The van der Waals surface area contributed by atoms with E-state index in [0.29, 0.717) is 17.7 Å². The number of rotatable bonds is 4. The number of hydrogen-bond acceptors (Lipinski definition) is 5. The van der Waals surface area contributed by atoms with Crippen LogP contribution < -0.4 is 5.32 Å². The van der Waals surface area contributed by atoms with Crippen LogP contribution in [-0.2, 0) is 4.74 Å². The number of aromatic nitrogens is 4. The largest absolute Gasteiger partial charge is 0.381 e. The molecule has 1 unspecified atom stereocenters. The van der Waals surface area contributed by atoms with Gasteiger partial charge in [0.25, 0.3) is 5.78 Å². The van der Waals surface area contributed by atoms with Crippen molar-refractivity contribution in [2.24, 2.45) is 5.92 Å². The Morgan fingerprint density at radius 1 is 1.21 bits per heavy atom. The lowest BCUT2D eigenvalue weighted by atomic mass is 9.93. The zero-order valence-corrected chi connectivity index (χ0v) is 13.7. The third-order valence-electron chi connectivity index (χ3n) is 4.67. The van der Waals surface area contributed by atoms with Crippen molar-refractivity contribution < 1.29 is 4.74 Å². The quantitative estimate of drug-likeness (QED) is 0.799. The zero-order valence-electron chi connectivity index (χ0n) is 13.7. The Morgan fingerprint density at radius 3 is 2.79 bits per heavy atom.